The van der Waals surface area contributed by atoms with Crippen LogP contribution in [0.2, 0.25) is 0 Å². The van der Waals surface area contributed by atoms with Crippen molar-refractivity contribution in [2.75, 3.05) is 26.3 Å². The average molecular weight is 347 g/mol. The highest BCUT2D eigenvalue weighted by Crippen LogP contribution is 2.41. The molecule has 0 aromatic heterocycles. The Bertz CT molecular complexity index is 493. The fourth-order valence-electron chi connectivity index (χ4n) is 2.08. The summed E-state index contributed by atoms with van der Waals surface area (Å²) in [5, 5.41) is 4.54. The second-order valence-electron chi connectivity index (χ2n) is 4.91. The van der Waals surface area contributed by atoms with Crippen molar-refractivity contribution in [1.29, 1.82) is 0 Å². The maximum atomic E-state index is 12.4. The molecule has 0 radical (unpaired) electrons. The molecule has 0 spiro atoms. The molecular weight excluding hydrogens is 321 g/mol. The monoisotopic (exact) mass is 347 g/mol. The molecule has 0 unspecified atom stereocenters. The first-order valence-electron chi connectivity index (χ1n) is 7.94. The fourth-order valence-corrected chi connectivity index (χ4v) is 3.41. The average Bonchev–Trinajstić information content (AvgIpc) is 2.47. The van der Waals surface area contributed by atoms with E-state index in [0.717, 1.165) is 6.42 Å². The van der Waals surface area contributed by atoms with Gasteiger partial charge in [-0.1, -0.05) is 13.3 Å². The van der Waals surface area contributed by atoms with Crippen LogP contribution in [0.4, 0.5) is 0 Å². The molecule has 1 rings (SSSR count). The molecule has 0 aromatic carbocycles. The van der Waals surface area contributed by atoms with E-state index >= 15 is 0 Å². The normalized spacial score (nSPS) is 20.8. The van der Waals surface area contributed by atoms with Gasteiger partial charge in [0.1, 0.15) is 0 Å². The highest BCUT2D eigenvalue weighted by atomic mass is 31.2. The Kier molecular flexibility index (Phi) is 7.58. The molecule has 0 aromatic rings. The molecule has 1 aliphatic rings. The van der Waals surface area contributed by atoms with Gasteiger partial charge < -0.3 is 9.64 Å². The Labute approximate surface area is 137 Å². The Hall–Kier alpha value is -1.53. The quantitative estimate of drug-likeness (QED) is 0.217. The van der Waals surface area contributed by atoms with Crippen molar-refractivity contribution in [2.24, 2.45) is 0 Å². The number of hydrogen-bond donors (Lipinski definition) is 2. The van der Waals surface area contributed by atoms with Gasteiger partial charge in [-0.05, 0) is 27.2 Å². The van der Waals surface area contributed by atoms with Gasteiger partial charge >= 0.3 is 7.67 Å². The topological polar surface area (TPSA) is 97.0 Å². The molecule has 8 nitrogen and oxygen atoms in total. The second-order valence-corrected chi connectivity index (χ2v) is 6.71. The van der Waals surface area contributed by atoms with E-state index in [4.69, 9.17) is 9.26 Å². The van der Waals surface area contributed by atoms with Crippen LogP contribution in [0.15, 0.2) is 11.5 Å². The van der Waals surface area contributed by atoms with E-state index in [9.17, 15) is 14.2 Å². The van der Waals surface area contributed by atoms with E-state index in [1.807, 2.05) is 20.8 Å². The third kappa shape index (κ3) is 4.97. The molecule has 0 bridgehead atoms. The summed E-state index contributed by atoms with van der Waals surface area (Å²) in [7, 11) is -3.71. The van der Waals surface area contributed by atoms with Crippen molar-refractivity contribution in [3.63, 3.8) is 0 Å². The summed E-state index contributed by atoms with van der Waals surface area (Å²) in [4.78, 5) is 26.4. The fraction of sp³-hybridized carbons (Fsp3) is 0.714. The van der Waals surface area contributed by atoms with Crippen LogP contribution >= 0.6 is 7.67 Å². The number of nitrogens with one attached hydrogen (secondary N) is 2. The molecule has 9 heteroatoms. The number of hydrogen-bond acceptors (Lipinski definition) is 6. The molecule has 0 atom stereocenters. The molecule has 0 saturated carbocycles. The number of carbonyl (C=O) groups is 2. The Morgan fingerprint density at radius 3 is 2.09 bits per heavy atom. The van der Waals surface area contributed by atoms with Gasteiger partial charge in [-0.3, -0.25) is 24.3 Å². The van der Waals surface area contributed by atoms with Crippen molar-refractivity contribution >= 4 is 19.5 Å². The zero-order valence-electron chi connectivity index (χ0n) is 14.2. The lowest BCUT2D eigenvalue weighted by Crippen LogP contribution is -2.45. The summed E-state index contributed by atoms with van der Waals surface area (Å²) in [6.45, 7) is 9.14. The minimum absolute atomic E-state index is 0.180. The standard InChI is InChI=1S/C14H26N3O5P/c1-5-9-10-22-23(20)15-12(18)11(13(19)16-23)14(21-8-4)17(6-2)7-3/h5-10H2,1-4H3,(H2,15,16,18,19,20). The van der Waals surface area contributed by atoms with Crippen LogP contribution in [0.1, 0.15) is 40.5 Å². The van der Waals surface area contributed by atoms with Gasteiger partial charge in [0.15, 0.2) is 5.57 Å². The third-order valence-electron chi connectivity index (χ3n) is 3.27. The first-order chi connectivity index (χ1) is 10.9. The van der Waals surface area contributed by atoms with Crippen LogP contribution in [0.25, 0.3) is 0 Å². The van der Waals surface area contributed by atoms with Gasteiger partial charge in [-0.15, -0.1) is 0 Å². The van der Waals surface area contributed by atoms with E-state index < -0.39 is 19.5 Å². The van der Waals surface area contributed by atoms with Crippen LogP contribution in [-0.4, -0.2) is 43.0 Å². The number of rotatable bonds is 9. The molecule has 1 heterocycles. The molecule has 132 valence electrons. The Morgan fingerprint density at radius 2 is 1.65 bits per heavy atom. The minimum Gasteiger partial charge on any atom is -0.479 e. The van der Waals surface area contributed by atoms with Gasteiger partial charge in [0.25, 0.3) is 11.8 Å². The van der Waals surface area contributed by atoms with Crippen molar-refractivity contribution in [2.45, 2.75) is 40.5 Å². The molecule has 1 aliphatic heterocycles. The van der Waals surface area contributed by atoms with Crippen LogP contribution < -0.4 is 10.2 Å². The smallest absolute Gasteiger partial charge is 0.396 e. The van der Waals surface area contributed by atoms with Crippen LogP contribution in [0.5, 0.6) is 0 Å². The van der Waals surface area contributed by atoms with E-state index in [1.165, 1.54) is 0 Å². The second kappa shape index (κ2) is 8.93. The van der Waals surface area contributed by atoms with Crippen LogP contribution in [0.3, 0.4) is 0 Å². The number of nitrogens with zero attached hydrogens (tertiary/aromatic N) is 1. The maximum absolute atomic E-state index is 12.4. The highest BCUT2D eigenvalue weighted by Gasteiger charge is 2.41. The number of amides is 2. The number of ether oxygens (including phenoxy) is 1. The lowest BCUT2D eigenvalue weighted by Gasteiger charge is -2.30. The van der Waals surface area contributed by atoms with E-state index in [-0.39, 0.29) is 18.1 Å². The van der Waals surface area contributed by atoms with Crippen LogP contribution in [-0.2, 0) is 23.4 Å². The first-order valence-corrected chi connectivity index (χ1v) is 9.56. The molecule has 23 heavy (non-hydrogen) atoms. The minimum atomic E-state index is -3.71. The molecular formula is C14H26N3O5P. The highest BCUT2D eigenvalue weighted by molar-refractivity contribution is 7.56. The summed E-state index contributed by atoms with van der Waals surface area (Å²) in [6, 6.07) is 0. The zero-order chi connectivity index (χ0) is 17.5. The molecule has 1 fully saturated rings. The summed E-state index contributed by atoms with van der Waals surface area (Å²) >= 11 is 0. The van der Waals surface area contributed by atoms with Gasteiger partial charge in [0.2, 0.25) is 5.88 Å². The van der Waals surface area contributed by atoms with Gasteiger partial charge in [0, 0.05) is 13.1 Å². The number of carbonyl (C=O) groups excluding carboxylic acids is 2. The van der Waals surface area contributed by atoms with Gasteiger partial charge in [-0.25, -0.2) is 4.57 Å². The summed E-state index contributed by atoms with van der Waals surface area (Å²) < 4.78 is 23.1. The SMILES string of the molecule is CCCCOP1(=O)NC(=O)C(=C(OCC)N(CC)CC)C(=O)N1. The lowest BCUT2D eigenvalue weighted by molar-refractivity contribution is -0.124. The molecule has 2 amide bonds. The predicted octanol–water partition coefficient (Wildman–Crippen LogP) is 1.75. The lowest BCUT2D eigenvalue weighted by atomic mass is 10.2. The predicted molar refractivity (Wildman–Crippen MR) is 86.3 cm³/mol. The van der Waals surface area contributed by atoms with Crippen molar-refractivity contribution in [3.05, 3.63) is 11.5 Å². The summed E-state index contributed by atoms with van der Waals surface area (Å²) in [5.74, 6) is -1.31. The zero-order valence-corrected chi connectivity index (χ0v) is 15.1. The molecule has 0 aliphatic carbocycles. The summed E-state index contributed by atoms with van der Waals surface area (Å²) in [5.41, 5.74) is -0.180. The van der Waals surface area contributed by atoms with E-state index in [2.05, 4.69) is 10.2 Å². The van der Waals surface area contributed by atoms with Gasteiger partial charge in [0.05, 0.1) is 13.2 Å². The van der Waals surface area contributed by atoms with Crippen molar-refractivity contribution in [3.8, 4) is 0 Å². The molecule has 2 N–H and O–H groups in total. The van der Waals surface area contributed by atoms with E-state index in [1.54, 1.807) is 11.8 Å². The Balaban J connectivity index is 3.06. The largest absolute Gasteiger partial charge is 0.479 e. The summed E-state index contributed by atoms with van der Waals surface area (Å²) in [6.07, 6.45) is 1.53. The van der Waals surface area contributed by atoms with Crippen LogP contribution in [0, 0.1) is 0 Å². The van der Waals surface area contributed by atoms with E-state index in [0.29, 0.717) is 26.1 Å². The Morgan fingerprint density at radius 1 is 1.09 bits per heavy atom. The molecule has 1 saturated heterocycles. The van der Waals surface area contributed by atoms with Crippen molar-refractivity contribution in [1.82, 2.24) is 15.1 Å². The van der Waals surface area contributed by atoms with Gasteiger partial charge in [-0.2, -0.15) is 0 Å². The van der Waals surface area contributed by atoms with Crippen molar-refractivity contribution < 1.29 is 23.4 Å². The third-order valence-corrected chi connectivity index (χ3v) is 4.81. The number of unbranched alkanes of at least 4 members (excludes halogenated alkanes) is 1. The first kappa shape index (κ1) is 19.5. The maximum Gasteiger partial charge on any atom is 0.396 e.